The summed E-state index contributed by atoms with van der Waals surface area (Å²) in [5.41, 5.74) is 1.18. The number of benzene rings is 2. The van der Waals surface area contributed by atoms with E-state index in [-0.39, 0.29) is 21.9 Å². The number of rotatable bonds is 8. The van der Waals surface area contributed by atoms with E-state index >= 15 is 0 Å². The van der Waals surface area contributed by atoms with Crippen LogP contribution in [0, 0.1) is 0 Å². The van der Waals surface area contributed by atoms with Crippen molar-refractivity contribution in [2.75, 3.05) is 33.9 Å². The minimum Gasteiger partial charge on any atom is -0.497 e. The number of methoxy groups -OCH3 is 2. The zero-order valence-corrected chi connectivity index (χ0v) is 20.4. The third-order valence-corrected chi connectivity index (χ3v) is 8.35. The van der Waals surface area contributed by atoms with E-state index in [9.17, 15) is 13.2 Å². The maximum absolute atomic E-state index is 13.5. The van der Waals surface area contributed by atoms with Crippen LogP contribution in [0.5, 0.6) is 11.5 Å². The van der Waals surface area contributed by atoms with Crippen molar-refractivity contribution in [2.45, 2.75) is 37.6 Å². The van der Waals surface area contributed by atoms with E-state index < -0.39 is 10.0 Å². The SMILES string of the molecule is CCN(CC)S(=O)(=O)c1cc(C(=O)N2CCC[C@H]2c2ccc(OC)cc2OC)ccc1Cl. The number of sulfonamides is 1. The predicted octanol–water partition coefficient (Wildman–Crippen LogP) is 4.37. The van der Waals surface area contributed by atoms with Crippen molar-refractivity contribution in [1.29, 1.82) is 0 Å². The Balaban J connectivity index is 1.97. The molecule has 0 spiro atoms. The largest absolute Gasteiger partial charge is 0.497 e. The van der Waals surface area contributed by atoms with E-state index in [4.69, 9.17) is 21.1 Å². The molecule has 1 amide bonds. The molecule has 0 N–H and O–H groups in total. The highest BCUT2D eigenvalue weighted by molar-refractivity contribution is 7.89. The average molecular weight is 481 g/mol. The normalized spacial score (nSPS) is 16.4. The van der Waals surface area contributed by atoms with Gasteiger partial charge in [0.2, 0.25) is 10.0 Å². The number of nitrogens with zero attached hydrogens (tertiary/aromatic N) is 2. The lowest BCUT2D eigenvalue weighted by atomic mass is 10.0. The minimum absolute atomic E-state index is 0.0495. The molecule has 1 aliphatic rings. The van der Waals surface area contributed by atoms with Gasteiger partial charge in [0.1, 0.15) is 16.4 Å². The summed E-state index contributed by atoms with van der Waals surface area (Å²) in [4.78, 5) is 15.2. The third-order valence-electron chi connectivity index (χ3n) is 5.81. The second-order valence-corrected chi connectivity index (χ2v) is 9.81. The van der Waals surface area contributed by atoms with Gasteiger partial charge in [-0.25, -0.2) is 8.42 Å². The Morgan fingerprint density at radius 1 is 1.12 bits per heavy atom. The zero-order chi connectivity index (χ0) is 23.5. The summed E-state index contributed by atoms with van der Waals surface area (Å²) in [7, 11) is -0.625. The second-order valence-electron chi connectivity index (χ2n) is 7.50. The predicted molar refractivity (Wildman–Crippen MR) is 124 cm³/mol. The van der Waals surface area contributed by atoms with Gasteiger partial charge in [-0.05, 0) is 43.2 Å². The molecular weight excluding hydrogens is 452 g/mol. The molecule has 0 radical (unpaired) electrons. The van der Waals surface area contributed by atoms with E-state index in [0.29, 0.717) is 36.7 Å². The second kappa shape index (κ2) is 10.1. The standard InChI is InChI=1S/C23H29ClN2O5S/c1-5-25(6-2)32(28,29)22-14-16(9-12-19(22)24)23(27)26-13-7-8-20(26)18-11-10-17(30-3)15-21(18)31-4/h9-12,14-15,20H,5-8,13H2,1-4H3/t20-/m0/s1. The first-order chi connectivity index (χ1) is 15.3. The summed E-state index contributed by atoms with van der Waals surface area (Å²) < 4.78 is 38.2. The van der Waals surface area contributed by atoms with Crippen LogP contribution in [0.15, 0.2) is 41.3 Å². The fourth-order valence-electron chi connectivity index (χ4n) is 4.13. The Labute approximate surface area is 194 Å². The average Bonchev–Trinajstić information content (AvgIpc) is 3.28. The lowest BCUT2D eigenvalue weighted by Gasteiger charge is -2.27. The van der Waals surface area contributed by atoms with Gasteiger partial charge in [0, 0.05) is 36.8 Å². The van der Waals surface area contributed by atoms with Crippen molar-refractivity contribution in [3.05, 3.63) is 52.5 Å². The van der Waals surface area contributed by atoms with Gasteiger partial charge in [-0.2, -0.15) is 4.31 Å². The number of hydrogen-bond donors (Lipinski definition) is 0. The summed E-state index contributed by atoms with van der Waals surface area (Å²) in [6, 6.07) is 9.81. The highest BCUT2D eigenvalue weighted by Crippen LogP contribution is 2.39. The van der Waals surface area contributed by atoms with Crippen LogP contribution < -0.4 is 9.47 Å². The van der Waals surface area contributed by atoms with Crippen LogP contribution in [0.2, 0.25) is 5.02 Å². The van der Waals surface area contributed by atoms with Crippen molar-refractivity contribution in [3.8, 4) is 11.5 Å². The van der Waals surface area contributed by atoms with E-state index in [0.717, 1.165) is 18.4 Å². The summed E-state index contributed by atoms with van der Waals surface area (Å²) in [6.07, 6.45) is 1.62. The van der Waals surface area contributed by atoms with Gasteiger partial charge in [0.25, 0.3) is 5.91 Å². The summed E-state index contributed by atoms with van der Waals surface area (Å²) in [6.45, 7) is 4.74. The first-order valence-corrected chi connectivity index (χ1v) is 12.4. The molecule has 32 heavy (non-hydrogen) atoms. The Morgan fingerprint density at radius 2 is 1.84 bits per heavy atom. The molecule has 174 valence electrons. The van der Waals surface area contributed by atoms with Crippen molar-refractivity contribution in [3.63, 3.8) is 0 Å². The number of ether oxygens (including phenoxy) is 2. The molecular formula is C23H29ClN2O5S. The maximum atomic E-state index is 13.5. The monoisotopic (exact) mass is 480 g/mol. The van der Waals surface area contributed by atoms with Crippen LogP contribution in [-0.2, 0) is 10.0 Å². The molecule has 9 heteroatoms. The molecule has 0 bridgehead atoms. The number of hydrogen-bond acceptors (Lipinski definition) is 5. The Bertz CT molecular complexity index is 1090. The first-order valence-electron chi connectivity index (χ1n) is 10.6. The molecule has 2 aromatic rings. The topological polar surface area (TPSA) is 76.2 Å². The molecule has 0 aliphatic carbocycles. The highest BCUT2D eigenvalue weighted by Gasteiger charge is 2.34. The summed E-state index contributed by atoms with van der Waals surface area (Å²) in [5, 5.41) is 0.100. The van der Waals surface area contributed by atoms with Crippen LogP contribution in [0.1, 0.15) is 48.7 Å². The lowest BCUT2D eigenvalue weighted by Crippen LogP contribution is -2.32. The number of carbonyl (C=O) groups excluding carboxylic acids is 1. The molecule has 7 nitrogen and oxygen atoms in total. The van der Waals surface area contributed by atoms with Gasteiger partial charge < -0.3 is 14.4 Å². The smallest absolute Gasteiger partial charge is 0.254 e. The molecule has 2 aromatic carbocycles. The molecule has 1 atom stereocenters. The van der Waals surface area contributed by atoms with Crippen LogP contribution in [0.25, 0.3) is 0 Å². The van der Waals surface area contributed by atoms with Crippen LogP contribution in [0.3, 0.4) is 0 Å². The van der Waals surface area contributed by atoms with Gasteiger partial charge in [0.05, 0.1) is 25.3 Å². The molecule has 3 rings (SSSR count). The Hall–Kier alpha value is -2.29. The van der Waals surface area contributed by atoms with E-state index in [1.165, 1.54) is 16.4 Å². The van der Waals surface area contributed by atoms with Crippen molar-refractivity contribution in [2.24, 2.45) is 0 Å². The first kappa shape index (κ1) is 24.4. The van der Waals surface area contributed by atoms with Crippen molar-refractivity contribution >= 4 is 27.5 Å². The van der Waals surface area contributed by atoms with Gasteiger partial charge in [-0.3, -0.25) is 4.79 Å². The third kappa shape index (κ3) is 4.58. The fraction of sp³-hybridized carbons (Fsp3) is 0.435. The molecule has 0 unspecified atom stereocenters. The maximum Gasteiger partial charge on any atom is 0.254 e. The molecule has 1 aliphatic heterocycles. The Kier molecular flexibility index (Phi) is 7.69. The van der Waals surface area contributed by atoms with Crippen LogP contribution >= 0.6 is 11.6 Å². The zero-order valence-electron chi connectivity index (χ0n) is 18.8. The van der Waals surface area contributed by atoms with Gasteiger partial charge in [0.15, 0.2) is 0 Å². The Morgan fingerprint density at radius 3 is 2.47 bits per heavy atom. The van der Waals surface area contributed by atoms with Crippen LogP contribution in [-0.4, -0.2) is 57.4 Å². The number of carbonyl (C=O) groups is 1. The molecule has 1 fully saturated rings. The molecule has 0 saturated carbocycles. The lowest BCUT2D eigenvalue weighted by molar-refractivity contribution is 0.0734. The van der Waals surface area contributed by atoms with Gasteiger partial charge in [-0.15, -0.1) is 0 Å². The number of likely N-dealkylation sites (tertiary alicyclic amines) is 1. The van der Waals surface area contributed by atoms with Crippen molar-refractivity contribution in [1.82, 2.24) is 9.21 Å². The van der Waals surface area contributed by atoms with E-state index in [1.54, 1.807) is 45.1 Å². The summed E-state index contributed by atoms with van der Waals surface area (Å²) >= 11 is 6.24. The fourth-order valence-corrected chi connectivity index (χ4v) is 6.09. The summed E-state index contributed by atoms with van der Waals surface area (Å²) in [5.74, 6) is 1.08. The molecule has 0 aromatic heterocycles. The van der Waals surface area contributed by atoms with Gasteiger partial charge in [-0.1, -0.05) is 25.4 Å². The minimum atomic E-state index is -3.80. The number of halogens is 1. The highest BCUT2D eigenvalue weighted by atomic mass is 35.5. The molecule has 1 saturated heterocycles. The van der Waals surface area contributed by atoms with Crippen LogP contribution in [0.4, 0.5) is 0 Å². The van der Waals surface area contributed by atoms with Gasteiger partial charge >= 0.3 is 0 Å². The quantitative estimate of drug-likeness (QED) is 0.561. The van der Waals surface area contributed by atoms with Crippen molar-refractivity contribution < 1.29 is 22.7 Å². The van der Waals surface area contributed by atoms with E-state index in [1.807, 2.05) is 12.1 Å². The number of amides is 1. The molecule has 1 heterocycles. The van der Waals surface area contributed by atoms with E-state index in [2.05, 4.69) is 0 Å².